The van der Waals surface area contributed by atoms with Gasteiger partial charge in [0.25, 0.3) is 0 Å². The number of rotatable bonds is 4. The van der Waals surface area contributed by atoms with Crippen LogP contribution in [0, 0.1) is 12.7 Å². The average molecular weight is 251 g/mol. The van der Waals surface area contributed by atoms with Crippen molar-refractivity contribution in [1.29, 1.82) is 0 Å². The number of aromatic nitrogens is 2. The first-order chi connectivity index (χ1) is 8.60. The molecule has 0 radical (unpaired) electrons. The number of benzene rings is 1. The molecule has 1 heterocycles. The molecule has 18 heavy (non-hydrogen) atoms. The highest BCUT2D eigenvalue weighted by Crippen LogP contribution is 2.20. The van der Waals surface area contributed by atoms with Gasteiger partial charge in [0.2, 0.25) is 11.7 Å². The molecule has 5 nitrogen and oxygen atoms in total. The smallest absolute Gasteiger partial charge is 0.246 e. The van der Waals surface area contributed by atoms with Gasteiger partial charge in [0.05, 0.1) is 6.61 Å². The molecule has 2 N–H and O–H groups in total. The van der Waals surface area contributed by atoms with Gasteiger partial charge in [-0.3, -0.25) is 0 Å². The lowest BCUT2D eigenvalue weighted by atomic mass is 10.1. The number of aryl methyl sites for hydroxylation is 1. The minimum Gasteiger partial charge on any atom is -0.383 e. The summed E-state index contributed by atoms with van der Waals surface area (Å²) in [5.41, 5.74) is 7.11. The van der Waals surface area contributed by atoms with E-state index in [4.69, 9.17) is 15.0 Å². The van der Waals surface area contributed by atoms with Gasteiger partial charge in [-0.2, -0.15) is 4.98 Å². The molecule has 0 aliphatic carbocycles. The molecule has 1 atom stereocenters. The maximum absolute atomic E-state index is 13.3. The molecule has 0 spiro atoms. The summed E-state index contributed by atoms with van der Waals surface area (Å²) in [5, 5.41) is 3.78. The second-order valence-electron chi connectivity index (χ2n) is 4.04. The summed E-state index contributed by atoms with van der Waals surface area (Å²) in [5.74, 6) is 0.255. The standard InChI is InChI=1S/C12H14FN3O2/c1-7-3-8(5-9(13)4-7)11-15-12(18-16-11)10(14)6-17-2/h3-5,10H,6,14H2,1-2H3. The first-order valence-corrected chi connectivity index (χ1v) is 5.46. The third-order valence-electron chi connectivity index (χ3n) is 2.41. The Morgan fingerprint density at radius 3 is 2.89 bits per heavy atom. The second kappa shape index (κ2) is 5.24. The van der Waals surface area contributed by atoms with E-state index in [-0.39, 0.29) is 18.3 Å². The van der Waals surface area contributed by atoms with Crippen LogP contribution in [0.2, 0.25) is 0 Å². The van der Waals surface area contributed by atoms with Crippen molar-refractivity contribution >= 4 is 0 Å². The second-order valence-corrected chi connectivity index (χ2v) is 4.04. The maximum Gasteiger partial charge on any atom is 0.246 e. The van der Waals surface area contributed by atoms with Gasteiger partial charge in [0.1, 0.15) is 11.9 Å². The van der Waals surface area contributed by atoms with Gasteiger partial charge in [-0.15, -0.1) is 0 Å². The Morgan fingerprint density at radius 1 is 1.44 bits per heavy atom. The molecule has 0 saturated carbocycles. The Balaban J connectivity index is 2.29. The highest BCUT2D eigenvalue weighted by Gasteiger charge is 2.16. The van der Waals surface area contributed by atoms with Crippen LogP contribution in [-0.4, -0.2) is 23.9 Å². The lowest BCUT2D eigenvalue weighted by molar-refractivity contribution is 0.166. The highest BCUT2D eigenvalue weighted by molar-refractivity contribution is 5.55. The zero-order valence-electron chi connectivity index (χ0n) is 10.2. The van der Waals surface area contributed by atoms with E-state index in [9.17, 15) is 4.39 Å². The SMILES string of the molecule is COCC(N)c1nc(-c2cc(C)cc(F)c2)no1. The Kier molecular flexibility index (Phi) is 3.69. The predicted molar refractivity (Wildman–Crippen MR) is 63.2 cm³/mol. The fourth-order valence-corrected chi connectivity index (χ4v) is 1.62. The topological polar surface area (TPSA) is 74.2 Å². The molecular weight excluding hydrogens is 237 g/mol. The summed E-state index contributed by atoms with van der Waals surface area (Å²) in [6.07, 6.45) is 0. The number of halogens is 1. The number of hydrogen-bond donors (Lipinski definition) is 1. The number of methoxy groups -OCH3 is 1. The summed E-state index contributed by atoms with van der Waals surface area (Å²) >= 11 is 0. The Morgan fingerprint density at radius 2 is 2.22 bits per heavy atom. The molecule has 96 valence electrons. The van der Waals surface area contributed by atoms with E-state index in [0.717, 1.165) is 5.56 Å². The van der Waals surface area contributed by atoms with E-state index < -0.39 is 6.04 Å². The molecule has 6 heteroatoms. The van der Waals surface area contributed by atoms with E-state index in [0.29, 0.717) is 11.4 Å². The van der Waals surface area contributed by atoms with Crippen LogP contribution < -0.4 is 5.73 Å². The molecule has 0 saturated heterocycles. The Bertz CT molecular complexity index is 522. The van der Waals surface area contributed by atoms with Crippen LogP contribution in [0.4, 0.5) is 4.39 Å². The minimum absolute atomic E-state index is 0.272. The molecule has 0 aliphatic heterocycles. The highest BCUT2D eigenvalue weighted by atomic mass is 19.1. The molecule has 0 aliphatic rings. The first kappa shape index (κ1) is 12.7. The zero-order valence-corrected chi connectivity index (χ0v) is 10.2. The van der Waals surface area contributed by atoms with Crippen LogP contribution in [0.25, 0.3) is 11.4 Å². The molecule has 0 amide bonds. The van der Waals surface area contributed by atoms with Crippen molar-refractivity contribution in [1.82, 2.24) is 10.1 Å². The van der Waals surface area contributed by atoms with Crippen LogP contribution in [0.3, 0.4) is 0 Å². The molecule has 1 aromatic carbocycles. The van der Waals surface area contributed by atoms with Crippen LogP contribution in [0.15, 0.2) is 22.7 Å². The number of ether oxygens (including phenoxy) is 1. The van der Waals surface area contributed by atoms with E-state index in [1.54, 1.807) is 13.0 Å². The van der Waals surface area contributed by atoms with Gasteiger partial charge >= 0.3 is 0 Å². The third-order valence-corrected chi connectivity index (χ3v) is 2.41. The summed E-state index contributed by atoms with van der Waals surface area (Å²) in [6, 6.07) is 4.08. The Hall–Kier alpha value is -1.79. The zero-order chi connectivity index (χ0) is 13.1. The van der Waals surface area contributed by atoms with Crippen molar-refractivity contribution in [2.24, 2.45) is 5.73 Å². The lowest BCUT2D eigenvalue weighted by Crippen LogP contribution is -2.16. The van der Waals surface area contributed by atoms with Gasteiger partial charge < -0.3 is 15.0 Å². The molecule has 0 bridgehead atoms. The van der Waals surface area contributed by atoms with Gasteiger partial charge in [-0.1, -0.05) is 5.16 Å². The number of nitrogens with two attached hydrogens (primary N) is 1. The molecule has 0 fully saturated rings. The normalized spacial score (nSPS) is 12.7. The minimum atomic E-state index is -0.481. The number of hydrogen-bond acceptors (Lipinski definition) is 5. The Labute approximate surface area is 104 Å². The van der Waals surface area contributed by atoms with E-state index >= 15 is 0 Å². The molecule has 2 rings (SSSR count). The lowest BCUT2D eigenvalue weighted by Gasteiger charge is -2.03. The van der Waals surface area contributed by atoms with Crippen molar-refractivity contribution in [2.75, 3.05) is 13.7 Å². The van der Waals surface area contributed by atoms with Crippen molar-refractivity contribution in [2.45, 2.75) is 13.0 Å². The van der Waals surface area contributed by atoms with E-state index in [1.165, 1.54) is 19.2 Å². The summed E-state index contributed by atoms with van der Waals surface area (Å²) < 4.78 is 23.2. The van der Waals surface area contributed by atoms with Crippen LogP contribution in [0.1, 0.15) is 17.5 Å². The van der Waals surface area contributed by atoms with Crippen molar-refractivity contribution in [3.8, 4) is 11.4 Å². The van der Waals surface area contributed by atoms with Gasteiger partial charge in [-0.05, 0) is 30.7 Å². The van der Waals surface area contributed by atoms with E-state index in [1.807, 2.05) is 0 Å². The fourth-order valence-electron chi connectivity index (χ4n) is 1.62. The molecular formula is C12H14FN3O2. The molecule has 1 unspecified atom stereocenters. The van der Waals surface area contributed by atoms with Crippen molar-refractivity contribution in [3.05, 3.63) is 35.5 Å². The maximum atomic E-state index is 13.3. The third kappa shape index (κ3) is 2.72. The van der Waals surface area contributed by atoms with Crippen molar-refractivity contribution in [3.63, 3.8) is 0 Å². The van der Waals surface area contributed by atoms with Gasteiger partial charge in [-0.25, -0.2) is 4.39 Å². The summed E-state index contributed by atoms with van der Waals surface area (Å²) in [6.45, 7) is 2.08. The largest absolute Gasteiger partial charge is 0.383 e. The van der Waals surface area contributed by atoms with Crippen LogP contribution in [0.5, 0.6) is 0 Å². The van der Waals surface area contributed by atoms with Crippen LogP contribution in [-0.2, 0) is 4.74 Å². The molecule has 1 aromatic heterocycles. The van der Waals surface area contributed by atoms with Gasteiger partial charge in [0.15, 0.2) is 0 Å². The van der Waals surface area contributed by atoms with E-state index in [2.05, 4.69) is 10.1 Å². The monoisotopic (exact) mass is 251 g/mol. The van der Waals surface area contributed by atoms with Crippen molar-refractivity contribution < 1.29 is 13.7 Å². The fraction of sp³-hybridized carbons (Fsp3) is 0.333. The average Bonchev–Trinajstić information content (AvgIpc) is 2.77. The predicted octanol–water partition coefficient (Wildman–Crippen LogP) is 1.83. The van der Waals surface area contributed by atoms with Crippen LogP contribution >= 0.6 is 0 Å². The van der Waals surface area contributed by atoms with Gasteiger partial charge in [0, 0.05) is 12.7 Å². The molecule has 2 aromatic rings. The first-order valence-electron chi connectivity index (χ1n) is 5.46. The number of nitrogens with zero attached hydrogens (tertiary/aromatic N) is 2. The quantitative estimate of drug-likeness (QED) is 0.897. The summed E-state index contributed by atoms with van der Waals surface area (Å²) in [7, 11) is 1.53. The summed E-state index contributed by atoms with van der Waals surface area (Å²) in [4.78, 5) is 4.13.